The van der Waals surface area contributed by atoms with E-state index >= 15 is 0 Å². The number of benzene rings is 1. The van der Waals surface area contributed by atoms with E-state index in [4.69, 9.17) is 15.2 Å². The molecule has 1 aromatic rings. The van der Waals surface area contributed by atoms with Crippen molar-refractivity contribution in [2.45, 2.75) is 12.0 Å². The van der Waals surface area contributed by atoms with Crippen LogP contribution in [-0.2, 0) is 4.79 Å². The number of halogens is 3. The van der Waals surface area contributed by atoms with E-state index in [1.807, 2.05) is 0 Å². The summed E-state index contributed by atoms with van der Waals surface area (Å²) in [5.41, 5.74) is 6.31. The summed E-state index contributed by atoms with van der Waals surface area (Å²) in [6.45, 7) is 0.419. The van der Waals surface area contributed by atoms with Gasteiger partial charge < -0.3 is 20.1 Å². The number of hydrogen-bond acceptors (Lipinski definition) is 5. The van der Waals surface area contributed by atoms with Crippen LogP contribution in [0, 0.1) is 0 Å². The van der Waals surface area contributed by atoms with Gasteiger partial charge in [-0.1, -0.05) is 0 Å². The first-order chi connectivity index (χ1) is 10.9. The average molecular weight is 364 g/mol. The topological polar surface area (TPSA) is 68.0 Å². The lowest BCUT2D eigenvalue weighted by molar-refractivity contribution is -0.132. The van der Waals surface area contributed by atoms with Crippen molar-refractivity contribution in [1.82, 2.24) is 4.90 Å². The number of fused-ring (bicyclic) bond motifs is 1. The first kappa shape index (κ1) is 18.7. The van der Waals surface area contributed by atoms with Gasteiger partial charge in [0, 0.05) is 19.7 Å². The number of hydrogen-bond donors (Lipinski definition) is 1. The van der Waals surface area contributed by atoms with Gasteiger partial charge in [-0.3, -0.25) is 9.69 Å². The first-order valence-corrected chi connectivity index (χ1v) is 7.39. The molecule has 1 amide bonds. The fraction of sp³-hybridized carbons (Fsp3) is 0.533. The Morgan fingerprint density at radius 3 is 2.79 bits per heavy atom. The number of likely N-dealkylation sites (N-methyl/N-ethyl adjacent to an activating group) is 1. The number of alkyl halides is 2. The summed E-state index contributed by atoms with van der Waals surface area (Å²) < 4.78 is 36.6. The van der Waals surface area contributed by atoms with Crippen molar-refractivity contribution in [1.29, 1.82) is 0 Å². The zero-order valence-electron chi connectivity index (χ0n) is 13.2. The molecule has 3 rings (SSSR count). The highest BCUT2D eigenvalue weighted by Gasteiger charge is 2.43. The minimum absolute atomic E-state index is 0. The van der Waals surface area contributed by atoms with Gasteiger partial charge in [0.05, 0.1) is 18.8 Å². The number of rotatable bonds is 4. The Bertz CT molecular complexity index is 610. The fourth-order valence-electron chi connectivity index (χ4n) is 2.65. The summed E-state index contributed by atoms with van der Waals surface area (Å²) in [5.74, 6) is -1.69. The number of likely N-dealkylation sites (tertiary alicyclic amines) is 1. The zero-order chi connectivity index (χ0) is 16.6. The molecule has 9 heteroatoms. The van der Waals surface area contributed by atoms with Gasteiger partial charge >= 0.3 is 0 Å². The molecule has 0 spiro atoms. The van der Waals surface area contributed by atoms with Crippen molar-refractivity contribution < 1.29 is 23.0 Å². The molecule has 0 aliphatic carbocycles. The lowest BCUT2D eigenvalue weighted by Crippen LogP contribution is -2.56. The SMILES string of the molecule is CN1C(=O)[C@@H](N)COc2ccc(OCCN3CC(F)(F)C3)cc21.Cl. The molecule has 1 atom stereocenters. The third-order valence-electron chi connectivity index (χ3n) is 3.94. The predicted molar refractivity (Wildman–Crippen MR) is 87.5 cm³/mol. The van der Waals surface area contributed by atoms with E-state index < -0.39 is 12.0 Å². The maximum Gasteiger partial charge on any atom is 0.272 e. The van der Waals surface area contributed by atoms with Crippen LogP contribution in [0.15, 0.2) is 18.2 Å². The van der Waals surface area contributed by atoms with Gasteiger partial charge in [0.1, 0.15) is 30.8 Å². The van der Waals surface area contributed by atoms with Crippen LogP contribution in [0.4, 0.5) is 14.5 Å². The number of carbonyl (C=O) groups is 1. The third kappa shape index (κ3) is 3.88. The standard InChI is InChI=1S/C15H19F2N3O3.ClH/c1-19-12-6-10(22-5-4-20-8-15(16,17)9-20)2-3-13(12)23-7-11(18)14(19)21;/h2-3,6,11H,4-5,7-9,18H2,1H3;1H/t11-;/m0./s1. The Balaban J connectivity index is 0.00000208. The van der Waals surface area contributed by atoms with Crippen LogP contribution in [0.2, 0.25) is 0 Å². The lowest BCUT2D eigenvalue weighted by atomic mass is 10.1. The third-order valence-corrected chi connectivity index (χ3v) is 3.94. The molecule has 0 bridgehead atoms. The molecule has 0 saturated carbocycles. The molecule has 2 N–H and O–H groups in total. The normalized spacial score (nSPS) is 22.6. The van der Waals surface area contributed by atoms with Crippen LogP contribution in [0.25, 0.3) is 0 Å². The van der Waals surface area contributed by atoms with E-state index in [0.29, 0.717) is 30.3 Å². The molecule has 2 aliphatic rings. The maximum atomic E-state index is 12.7. The summed E-state index contributed by atoms with van der Waals surface area (Å²) in [5, 5.41) is 0. The van der Waals surface area contributed by atoms with E-state index in [2.05, 4.69) is 0 Å². The van der Waals surface area contributed by atoms with Crippen LogP contribution < -0.4 is 20.1 Å². The minimum Gasteiger partial charge on any atom is -0.492 e. The quantitative estimate of drug-likeness (QED) is 0.868. The van der Waals surface area contributed by atoms with Crippen LogP contribution >= 0.6 is 12.4 Å². The molecular formula is C15H20ClF2N3O3. The molecule has 0 unspecified atom stereocenters. The number of ether oxygens (including phenoxy) is 2. The second-order valence-electron chi connectivity index (χ2n) is 5.86. The van der Waals surface area contributed by atoms with Crippen LogP contribution in [0.5, 0.6) is 11.5 Å². The van der Waals surface area contributed by atoms with Crippen molar-refractivity contribution in [2.24, 2.45) is 5.73 Å². The zero-order valence-corrected chi connectivity index (χ0v) is 14.0. The Morgan fingerprint density at radius 2 is 2.12 bits per heavy atom. The molecule has 2 aliphatic heterocycles. The van der Waals surface area contributed by atoms with E-state index in [1.165, 1.54) is 4.90 Å². The monoisotopic (exact) mass is 363 g/mol. The Hall–Kier alpha value is -1.64. The van der Waals surface area contributed by atoms with Gasteiger partial charge in [0.25, 0.3) is 5.92 Å². The number of nitrogens with zero attached hydrogens (tertiary/aromatic N) is 2. The van der Waals surface area contributed by atoms with Gasteiger partial charge in [0.15, 0.2) is 0 Å². The number of amides is 1. The summed E-state index contributed by atoms with van der Waals surface area (Å²) in [7, 11) is 1.63. The van der Waals surface area contributed by atoms with Crippen molar-refractivity contribution in [2.75, 3.05) is 44.8 Å². The molecule has 1 saturated heterocycles. The van der Waals surface area contributed by atoms with Crippen LogP contribution in [-0.4, -0.2) is 62.7 Å². The van der Waals surface area contributed by atoms with E-state index in [1.54, 1.807) is 30.1 Å². The Labute approximate surface area is 144 Å². The van der Waals surface area contributed by atoms with Crippen molar-refractivity contribution in [3.63, 3.8) is 0 Å². The molecular weight excluding hydrogens is 344 g/mol. The second kappa shape index (κ2) is 7.08. The summed E-state index contributed by atoms with van der Waals surface area (Å²) in [6, 6.07) is 4.42. The maximum absolute atomic E-state index is 12.7. The largest absolute Gasteiger partial charge is 0.492 e. The van der Waals surface area contributed by atoms with Crippen LogP contribution in [0.3, 0.4) is 0 Å². The first-order valence-electron chi connectivity index (χ1n) is 7.39. The summed E-state index contributed by atoms with van der Waals surface area (Å²) in [6.07, 6.45) is 0. The predicted octanol–water partition coefficient (Wildman–Crippen LogP) is 1.12. The van der Waals surface area contributed by atoms with Crippen LogP contribution in [0.1, 0.15) is 0 Å². The smallest absolute Gasteiger partial charge is 0.272 e. The van der Waals surface area contributed by atoms with Crippen molar-refractivity contribution >= 4 is 24.0 Å². The molecule has 134 valence electrons. The van der Waals surface area contributed by atoms with E-state index in [9.17, 15) is 13.6 Å². The van der Waals surface area contributed by atoms with Gasteiger partial charge in [-0.05, 0) is 12.1 Å². The Kier molecular flexibility index (Phi) is 5.52. The molecule has 6 nitrogen and oxygen atoms in total. The van der Waals surface area contributed by atoms with Crippen molar-refractivity contribution in [3.05, 3.63) is 18.2 Å². The van der Waals surface area contributed by atoms with Gasteiger partial charge in [-0.25, -0.2) is 8.78 Å². The summed E-state index contributed by atoms with van der Waals surface area (Å²) >= 11 is 0. The number of carbonyl (C=O) groups excluding carboxylic acids is 1. The molecule has 0 radical (unpaired) electrons. The highest BCUT2D eigenvalue weighted by molar-refractivity contribution is 5.98. The molecule has 1 aromatic carbocycles. The van der Waals surface area contributed by atoms with E-state index in [0.717, 1.165) is 0 Å². The minimum atomic E-state index is -2.57. The molecule has 24 heavy (non-hydrogen) atoms. The van der Waals surface area contributed by atoms with Gasteiger partial charge in [-0.2, -0.15) is 0 Å². The Morgan fingerprint density at radius 1 is 1.42 bits per heavy atom. The highest BCUT2D eigenvalue weighted by Crippen LogP contribution is 2.34. The highest BCUT2D eigenvalue weighted by atomic mass is 35.5. The number of anilines is 1. The fourth-order valence-corrected chi connectivity index (χ4v) is 2.65. The average Bonchev–Trinajstić information content (AvgIpc) is 2.58. The molecule has 0 aromatic heterocycles. The van der Waals surface area contributed by atoms with Gasteiger partial charge in [-0.15, -0.1) is 12.4 Å². The lowest BCUT2D eigenvalue weighted by Gasteiger charge is -2.38. The molecule has 1 fully saturated rings. The van der Waals surface area contributed by atoms with Crippen molar-refractivity contribution in [3.8, 4) is 11.5 Å². The number of nitrogens with two attached hydrogens (primary N) is 1. The molecule has 2 heterocycles. The van der Waals surface area contributed by atoms with E-state index in [-0.39, 0.29) is 38.0 Å². The summed E-state index contributed by atoms with van der Waals surface area (Å²) in [4.78, 5) is 15.1. The van der Waals surface area contributed by atoms with Gasteiger partial charge in [0.2, 0.25) is 5.91 Å². The second-order valence-corrected chi connectivity index (χ2v) is 5.86.